The molecule has 0 atom stereocenters. The first-order valence-corrected chi connectivity index (χ1v) is 5.91. The average molecular weight is 264 g/mol. The lowest BCUT2D eigenvalue weighted by Gasteiger charge is -2.12. The van der Waals surface area contributed by atoms with Crippen LogP contribution in [-0.2, 0) is 6.61 Å². The molecule has 0 saturated heterocycles. The maximum absolute atomic E-state index is 5.85. The van der Waals surface area contributed by atoms with Gasteiger partial charge < -0.3 is 9.64 Å². The molecule has 94 valence electrons. The van der Waals surface area contributed by atoms with Gasteiger partial charge in [0, 0.05) is 20.2 Å². The molecule has 4 nitrogen and oxygen atoms in total. The number of aromatic nitrogens is 2. The van der Waals surface area contributed by atoms with Gasteiger partial charge in [-0.15, -0.1) is 0 Å². The highest BCUT2D eigenvalue weighted by atomic mass is 35.5. The van der Waals surface area contributed by atoms with Crippen LogP contribution in [0.3, 0.4) is 0 Å². The van der Waals surface area contributed by atoms with Gasteiger partial charge in [-0.05, 0) is 17.2 Å². The second-order valence-corrected chi connectivity index (χ2v) is 4.34. The van der Waals surface area contributed by atoms with Crippen LogP contribution < -0.4 is 9.64 Å². The Bertz CT molecular complexity index is 517. The lowest BCUT2D eigenvalue weighted by molar-refractivity contribution is 0.293. The van der Waals surface area contributed by atoms with Gasteiger partial charge in [-0.1, -0.05) is 30.3 Å². The first-order valence-electron chi connectivity index (χ1n) is 5.54. The Morgan fingerprint density at radius 3 is 2.56 bits per heavy atom. The largest absolute Gasteiger partial charge is 0.473 e. The van der Waals surface area contributed by atoms with Gasteiger partial charge in [0.15, 0.2) is 0 Å². The molecule has 2 aromatic rings. The zero-order valence-corrected chi connectivity index (χ0v) is 11.1. The summed E-state index contributed by atoms with van der Waals surface area (Å²) in [4.78, 5) is 9.98. The van der Waals surface area contributed by atoms with Crippen LogP contribution in [0.2, 0.25) is 5.28 Å². The van der Waals surface area contributed by atoms with Crippen LogP contribution in [0, 0.1) is 0 Å². The summed E-state index contributed by atoms with van der Waals surface area (Å²) in [7, 11) is 3.78. The molecule has 0 amide bonds. The van der Waals surface area contributed by atoms with E-state index in [1.807, 2.05) is 49.3 Å². The van der Waals surface area contributed by atoms with Crippen molar-refractivity contribution in [2.24, 2.45) is 0 Å². The van der Waals surface area contributed by atoms with E-state index in [2.05, 4.69) is 9.97 Å². The number of ether oxygens (including phenoxy) is 1. The maximum atomic E-state index is 5.85. The minimum Gasteiger partial charge on any atom is -0.473 e. The van der Waals surface area contributed by atoms with Crippen LogP contribution >= 0.6 is 11.6 Å². The van der Waals surface area contributed by atoms with Crippen LogP contribution in [0.4, 0.5) is 5.82 Å². The van der Waals surface area contributed by atoms with E-state index in [0.717, 1.165) is 11.4 Å². The fourth-order valence-corrected chi connectivity index (χ4v) is 1.59. The molecular weight excluding hydrogens is 250 g/mol. The molecule has 0 N–H and O–H groups in total. The summed E-state index contributed by atoms with van der Waals surface area (Å²) in [5, 5.41) is 0.185. The highest BCUT2D eigenvalue weighted by Gasteiger charge is 2.05. The molecule has 0 fully saturated rings. The molecule has 2 rings (SSSR count). The van der Waals surface area contributed by atoms with Crippen LogP contribution in [0.5, 0.6) is 5.88 Å². The Labute approximate surface area is 111 Å². The second-order valence-electron chi connectivity index (χ2n) is 4.00. The van der Waals surface area contributed by atoms with Gasteiger partial charge >= 0.3 is 0 Å². The van der Waals surface area contributed by atoms with Crippen molar-refractivity contribution in [1.29, 1.82) is 0 Å². The minimum atomic E-state index is 0.185. The number of anilines is 1. The number of halogens is 1. The molecule has 0 aliphatic carbocycles. The van der Waals surface area contributed by atoms with Crippen molar-refractivity contribution < 1.29 is 4.74 Å². The van der Waals surface area contributed by atoms with Crippen molar-refractivity contribution in [3.63, 3.8) is 0 Å². The van der Waals surface area contributed by atoms with Gasteiger partial charge in [0.2, 0.25) is 11.2 Å². The summed E-state index contributed by atoms with van der Waals surface area (Å²) < 4.78 is 5.60. The molecule has 0 unspecified atom stereocenters. The number of rotatable bonds is 4. The molecule has 0 saturated carbocycles. The van der Waals surface area contributed by atoms with Crippen molar-refractivity contribution in [3.05, 3.63) is 47.2 Å². The van der Waals surface area contributed by atoms with Crippen LogP contribution in [0.1, 0.15) is 5.56 Å². The van der Waals surface area contributed by atoms with Crippen molar-refractivity contribution in [1.82, 2.24) is 9.97 Å². The molecule has 0 aliphatic rings. The summed E-state index contributed by atoms with van der Waals surface area (Å²) >= 11 is 5.85. The first kappa shape index (κ1) is 12.6. The third kappa shape index (κ3) is 3.34. The van der Waals surface area contributed by atoms with E-state index in [9.17, 15) is 0 Å². The fourth-order valence-electron chi connectivity index (χ4n) is 1.42. The van der Waals surface area contributed by atoms with Crippen molar-refractivity contribution >= 4 is 17.4 Å². The van der Waals surface area contributed by atoms with Crippen LogP contribution in [-0.4, -0.2) is 24.1 Å². The lowest BCUT2D eigenvalue weighted by atomic mass is 10.2. The van der Waals surface area contributed by atoms with E-state index in [1.54, 1.807) is 6.07 Å². The molecule has 0 bridgehead atoms. The number of hydrogen-bond acceptors (Lipinski definition) is 4. The van der Waals surface area contributed by atoms with Gasteiger partial charge in [0.1, 0.15) is 12.4 Å². The van der Waals surface area contributed by atoms with Crippen molar-refractivity contribution in [3.8, 4) is 5.88 Å². The molecule has 0 radical (unpaired) electrons. The maximum Gasteiger partial charge on any atom is 0.227 e. The monoisotopic (exact) mass is 263 g/mol. The zero-order chi connectivity index (χ0) is 13.0. The molecule has 1 heterocycles. The van der Waals surface area contributed by atoms with E-state index in [0.29, 0.717) is 12.5 Å². The van der Waals surface area contributed by atoms with Crippen LogP contribution in [0.25, 0.3) is 0 Å². The predicted molar refractivity (Wildman–Crippen MR) is 72.1 cm³/mol. The topological polar surface area (TPSA) is 38.2 Å². The summed E-state index contributed by atoms with van der Waals surface area (Å²) in [6.45, 7) is 0.459. The summed E-state index contributed by atoms with van der Waals surface area (Å²) in [5.41, 5.74) is 1.08. The molecular formula is C13H14ClN3O. The van der Waals surface area contributed by atoms with Gasteiger partial charge in [0.25, 0.3) is 0 Å². The van der Waals surface area contributed by atoms with E-state index in [-0.39, 0.29) is 5.28 Å². The van der Waals surface area contributed by atoms with E-state index in [1.165, 1.54) is 0 Å². The van der Waals surface area contributed by atoms with Crippen molar-refractivity contribution in [2.45, 2.75) is 6.61 Å². The molecule has 5 heteroatoms. The van der Waals surface area contributed by atoms with E-state index >= 15 is 0 Å². The Hall–Kier alpha value is -1.81. The third-order valence-corrected chi connectivity index (χ3v) is 2.52. The SMILES string of the molecule is CN(C)c1cc(OCc2ccccc2)nc(Cl)n1. The average Bonchev–Trinajstić information content (AvgIpc) is 2.37. The van der Waals surface area contributed by atoms with E-state index in [4.69, 9.17) is 16.3 Å². The minimum absolute atomic E-state index is 0.185. The number of benzene rings is 1. The predicted octanol–water partition coefficient (Wildman–Crippen LogP) is 2.78. The van der Waals surface area contributed by atoms with Gasteiger partial charge in [-0.3, -0.25) is 0 Å². The Kier molecular flexibility index (Phi) is 3.99. The standard InChI is InChI=1S/C13H14ClN3O/c1-17(2)11-8-12(16-13(14)15-11)18-9-10-6-4-3-5-7-10/h3-8H,9H2,1-2H3. The van der Waals surface area contributed by atoms with Gasteiger partial charge in [0.05, 0.1) is 0 Å². The van der Waals surface area contributed by atoms with Crippen molar-refractivity contribution in [2.75, 3.05) is 19.0 Å². The van der Waals surface area contributed by atoms with Gasteiger partial charge in [-0.25, -0.2) is 4.98 Å². The zero-order valence-electron chi connectivity index (χ0n) is 10.3. The summed E-state index contributed by atoms with van der Waals surface area (Å²) in [6.07, 6.45) is 0. The van der Waals surface area contributed by atoms with Crippen LogP contribution in [0.15, 0.2) is 36.4 Å². The Morgan fingerprint density at radius 2 is 1.89 bits per heavy atom. The molecule has 0 aliphatic heterocycles. The quantitative estimate of drug-likeness (QED) is 0.795. The van der Waals surface area contributed by atoms with E-state index < -0.39 is 0 Å². The summed E-state index contributed by atoms with van der Waals surface area (Å²) in [6, 6.07) is 11.7. The fraction of sp³-hybridized carbons (Fsp3) is 0.231. The smallest absolute Gasteiger partial charge is 0.227 e. The Balaban J connectivity index is 2.10. The Morgan fingerprint density at radius 1 is 1.17 bits per heavy atom. The highest BCUT2D eigenvalue weighted by molar-refractivity contribution is 6.28. The number of hydrogen-bond donors (Lipinski definition) is 0. The molecule has 18 heavy (non-hydrogen) atoms. The third-order valence-electron chi connectivity index (χ3n) is 2.35. The lowest BCUT2D eigenvalue weighted by Crippen LogP contribution is -2.11. The first-order chi connectivity index (χ1) is 8.65. The highest BCUT2D eigenvalue weighted by Crippen LogP contribution is 2.19. The molecule has 1 aromatic carbocycles. The normalized spacial score (nSPS) is 10.2. The summed E-state index contributed by atoms with van der Waals surface area (Å²) in [5.74, 6) is 1.20. The number of nitrogens with zero attached hydrogens (tertiary/aromatic N) is 3. The van der Waals surface area contributed by atoms with Gasteiger partial charge in [-0.2, -0.15) is 4.98 Å². The second kappa shape index (κ2) is 5.69. The molecule has 1 aromatic heterocycles. The molecule has 0 spiro atoms.